The van der Waals surface area contributed by atoms with Crippen LogP contribution in [0.25, 0.3) is 0 Å². The van der Waals surface area contributed by atoms with Crippen molar-refractivity contribution in [3.05, 3.63) is 12.7 Å². The molecule has 0 radical (unpaired) electrons. The van der Waals surface area contributed by atoms with Crippen molar-refractivity contribution in [1.82, 2.24) is 0 Å². The molecular weight excluding hydrogens is 372 g/mol. The quantitative estimate of drug-likeness (QED) is 0.227. The SMILES string of the molecule is C=CCCC(C)CC(CCC(C(CC)CC)C(C)C(C)C)C1CCC(C2(C)CC2C)C1. The van der Waals surface area contributed by atoms with E-state index in [1.165, 1.54) is 70.6 Å². The van der Waals surface area contributed by atoms with Crippen molar-refractivity contribution in [2.45, 2.75) is 126 Å². The van der Waals surface area contributed by atoms with Gasteiger partial charge in [0.05, 0.1) is 0 Å². The van der Waals surface area contributed by atoms with Crippen molar-refractivity contribution < 1.29 is 0 Å². The van der Waals surface area contributed by atoms with Crippen molar-refractivity contribution >= 4 is 0 Å². The van der Waals surface area contributed by atoms with Crippen molar-refractivity contribution in [3.63, 3.8) is 0 Å². The average Bonchev–Trinajstić information content (AvgIpc) is 3.13. The molecule has 2 aliphatic carbocycles. The van der Waals surface area contributed by atoms with E-state index in [2.05, 4.69) is 68.0 Å². The summed E-state index contributed by atoms with van der Waals surface area (Å²) >= 11 is 0. The predicted molar refractivity (Wildman–Crippen MR) is 140 cm³/mol. The van der Waals surface area contributed by atoms with Gasteiger partial charge < -0.3 is 0 Å². The van der Waals surface area contributed by atoms with Crippen LogP contribution in [0.5, 0.6) is 0 Å². The molecule has 0 aromatic heterocycles. The molecule has 8 atom stereocenters. The van der Waals surface area contributed by atoms with Gasteiger partial charge in [0.2, 0.25) is 0 Å². The summed E-state index contributed by atoms with van der Waals surface area (Å²) in [5, 5.41) is 0. The Hall–Kier alpha value is -0.260. The molecule has 0 N–H and O–H groups in total. The van der Waals surface area contributed by atoms with Gasteiger partial charge in [0.1, 0.15) is 0 Å². The Morgan fingerprint density at radius 2 is 1.65 bits per heavy atom. The second kappa shape index (κ2) is 12.3. The standard InChI is InChI=1S/C31H58/c1-10-13-14-23(6)19-27(28-15-17-29(20-28)31(9)21-24(31)7)16-18-30(25(8)22(4)5)26(11-2)12-3/h10,22-30H,1,11-21H2,2-9H3. The number of allylic oxidation sites excluding steroid dienone is 1. The molecule has 2 aliphatic rings. The zero-order chi connectivity index (χ0) is 23.2. The van der Waals surface area contributed by atoms with Crippen LogP contribution < -0.4 is 0 Å². The Morgan fingerprint density at radius 3 is 2.16 bits per heavy atom. The summed E-state index contributed by atoms with van der Waals surface area (Å²) in [6, 6.07) is 0. The maximum Gasteiger partial charge on any atom is -0.0269 e. The topological polar surface area (TPSA) is 0 Å². The average molecular weight is 431 g/mol. The van der Waals surface area contributed by atoms with Gasteiger partial charge in [-0.1, -0.05) is 74.3 Å². The molecule has 0 heteroatoms. The molecule has 8 unspecified atom stereocenters. The molecule has 0 spiro atoms. The van der Waals surface area contributed by atoms with Crippen LogP contribution in [0.1, 0.15) is 126 Å². The highest BCUT2D eigenvalue weighted by atomic mass is 14.6. The molecule has 0 aromatic carbocycles. The van der Waals surface area contributed by atoms with Gasteiger partial charge in [-0.05, 0) is 116 Å². The van der Waals surface area contributed by atoms with Crippen molar-refractivity contribution in [3.8, 4) is 0 Å². The predicted octanol–water partition coefficient (Wildman–Crippen LogP) is 10.2. The first kappa shape index (κ1) is 27.0. The fraction of sp³-hybridized carbons (Fsp3) is 0.935. The Balaban J connectivity index is 2.07. The van der Waals surface area contributed by atoms with Gasteiger partial charge in [-0.3, -0.25) is 0 Å². The summed E-state index contributed by atoms with van der Waals surface area (Å²) in [6.07, 6.45) is 17.9. The molecule has 0 nitrogen and oxygen atoms in total. The second-order valence-electron chi connectivity index (χ2n) is 12.8. The molecule has 182 valence electrons. The van der Waals surface area contributed by atoms with Crippen LogP contribution in [-0.2, 0) is 0 Å². The van der Waals surface area contributed by atoms with E-state index in [-0.39, 0.29) is 0 Å². The highest BCUT2D eigenvalue weighted by Gasteiger charge is 2.54. The Labute approximate surface area is 197 Å². The lowest BCUT2D eigenvalue weighted by molar-refractivity contribution is 0.143. The van der Waals surface area contributed by atoms with E-state index >= 15 is 0 Å². The van der Waals surface area contributed by atoms with E-state index in [0.29, 0.717) is 5.41 Å². The third-order valence-electron chi connectivity index (χ3n) is 10.6. The van der Waals surface area contributed by atoms with Crippen LogP contribution >= 0.6 is 0 Å². The lowest BCUT2D eigenvalue weighted by Crippen LogP contribution is -2.27. The van der Waals surface area contributed by atoms with Gasteiger partial charge in [0, 0.05) is 0 Å². The summed E-state index contributed by atoms with van der Waals surface area (Å²) in [5.74, 6) is 8.30. The fourth-order valence-electron chi connectivity index (χ4n) is 7.52. The minimum absolute atomic E-state index is 0.692. The molecule has 2 fully saturated rings. The molecule has 2 rings (SSSR count). The van der Waals surface area contributed by atoms with E-state index < -0.39 is 0 Å². The summed E-state index contributed by atoms with van der Waals surface area (Å²) in [6.45, 7) is 23.9. The van der Waals surface area contributed by atoms with Crippen LogP contribution in [0.4, 0.5) is 0 Å². The van der Waals surface area contributed by atoms with E-state index in [4.69, 9.17) is 0 Å². The Kier molecular flexibility index (Phi) is 10.7. The first-order valence-corrected chi connectivity index (χ1v) is 14.3. The van der Waals surface area contributed by atoms with Crippen LogP contribution in [0.2, 0.25) is 0 Å². The van der Waals surface area contributed by atoms with Crippen molar-refractivity contribution in [2.75, 3.05) is 0 Å². The van der Waals surface area contributed by atoms with E-state index in [1.807, 2.05) is 0 Å². The van der Waals surface area contributed by atoms with E-state index in [1.54, 1.807) is 0 Å². The largest absolute Gasteiger partial charge is 0.103 e. The number of hydrogen-bond donors (Lipinski definition) is 0. The summed E-state index contributed by atoms with van der Waals surface area (Å²) in [7, 11) is 0. The maximum atomic E-state index is 3.97. The Bertz CT molecular complexity index is 512. The lowest BCUT2D eigenvalue weighted by Gasteiger charge is -2.36. The molecule has 2 saturated carbocycles. The minimum Gasteiger partial charge on any atom is -0.103 e. The fourth-order valence-corrected chi connectivity index (χ4v) is 7.52. The highest BCUT2D eigenvalue weighted by molar-refractivity contribution is 5.03. The first-order chi connectivity index (χ1) is 14.7. The van der Waals surface area contributed by atoms with Crippen LogP contribution in [0, 0.1) is 58.7 Å². The monoisotopic (exact) mass is 430 g/mol. The maximum absolute atomic E-state index is 3.97. The van der Waals surface area contributed by atoms with Gasteiger partial charge in [-0.2, -0.15) is 0 Å². The third-order valence-corrected chi connectivity index (χ3v) is 10.6. The van der Waals surface area contributed by atoms with Gasteiger partial charge in [-0.15, -0.1) is 6.58 Å². The molecular formula is C31H58. The highest BCUT2D eigenvalue weighted by Crippen LogP contribution is 2.62. The summed E-state index contributed by atoms with van der Waals surface area (Å²) < 4.78 is 0. The van der Waals surface area contributed by atoms with Gasteiger partial charge >= 0.3 is 0 Å². The van der Waals surface area contributed by atoms with E-state index in [9.17, 15) is 0 Å². The Morgan fingerprint density at radius 1 is 1.00 bits per heavy atom. The number of hydrogen-bond acceptors (Lipinski definition) is 0. The molecule has 0 aromatic rings. The molecule has 0 heterocycles. The molecule has 0 saturated heterocycles. The van der Waals surface area contributed by atoms with Crippen LogP contribution in [0.3, 0.4) is 0 Å². The van der Waals surface area contributed by atoms with Crippen LogP contribution in [0.15, 0.2) is 12.7 Å². The van der Waals surface area contributed by atoms with Gasteiger partial charge in [0.25, 0.3) is 0 Å². The van der Waals surface area contributed by atoms with Gasteiger partial charge in [0.15, 0.2) is 0 Å². The zero-order valence-corrected chi connectivity index (χ0v) is 22.8. The summed E-state index contributed by atoms with van der Waals surface area (Å²) in [5.41, 5.74) is 0.692. The lowest BCUT2D eigenvalue weighted by atomic mass is 9.70. The molecule has 31 heavy (non-hydrogen) atoms. The van der Waals surface area contributed by atoms with Gasteiger partial charge in [-0.25, -0.2) is 0 Å². The van der Waals surface area contributed by atoms with E-state index in [0.717, 1.165) is 53.3 Å². The summed E-state index contributed by atoms with van der Waals surface area (Å²) in [4.78, 5) is 0. The van der Waals surface area contributed by atoms with Crippen molar-refractivity contribution in [1.29, 1.82) is 0 Å². The third kappa shape index (κ3) is 7.11. The molecule has 0 aliphatic heterocycles. The smallest absolute Gasteiger partial charge is 0.0269 e. The van der Waals surface area contributed by atoms with Crippen LogP contribution in [-0.4, -0.2) is 0 Å². The zero-order valence-electron chi connectivity index (χ0n) is 22.8. The molecule has 0 bridgehead atoms. The molecule has 0 amide bonds. The first-order valence-electron chi connectivity index (χ1n) is 14.3. The normalized spacial score (nSPS) is 32.3. The number of rotatable bonds is 15. The van der Waals surface area contributed by atoms with Crippen molar-refractivity contribution in [2.24, 2.45) is 58.7 Å². The second-order valence-corrected chi connectivity index (χ2v) is 12.8. The minimum atomic E-state index is 0.692.